The molecular weight excluding hydrogens is 560 g/mol. The SMILES string of the molecule is C=CC1=C(C=C)N(c2ccc(-c3nnc(-c4ccc(N5C(C=C)=C(C=C)Oc6ccccc65)cc4)o3)cc2)c2ccccc2O1. The molecule has 3 heterocycles. The quantitative estimate of drug-likeness (QED) is 0.179. The van der Waals surface area contributed by atoms with Gasteiger partial charge in [0.25, 0.3) is 0 Å². The lowest BCUT2D eigenvalue weighted by atomic mass is 10.1. The molecule has 1 aromatic heterocycles. The van der Waals surface area contributed by atoms with Crippen molar-refractivity contribution in [3.8, 4) is 34.4 Å². The molecular formula is C38H28N4O3. The van der Waals surface area contributed by atoms with E-state index in [4.69, 9.17) is 13.9 Å². The number of hydrogen-bond donors (Lipinski definition) is 0. The van der Waals surface area contributed by atoms with Crippen molar-refractivity contribution in [2.75, 3.05) is 9.80 Å². The molecule has 2 aliphatic rings. The van der Waals surface area contributed by atoms with Gasteiger partial charge in [-0.2, -0.15) is 0 Å². The van der Waals surface area contributed by atoms with E-state index in [9.17, 15) is 0 Å². The van der Waals surface area contributed by atoms with Crippen molar-refractivity contribution < 1.29 is 13.9 Å². The molecule has 0 saturated carbocycles. The number of fused-ring (bicyclic) bond motifs is 2. The fourth-order valence-electron chi connectivity index (χ4n) is 5.47. The molecule has 7 rings (SSSR count). The van der Waals surface area contributed by atoms with Crippen molar-refractivity contribution in [1.82, 2.24) is 10.2 Å². The van der Waals surface area contributed by atoms with Crippen molar-refractivity contribution >= 4 is 22.7 Å². The van der Waals surface area contributed by atoms with Gasteiger partial charge in [0.15, 0.2) is 23.0 Å². The van der Waals surface area contributed by atoms with Gasteiger partial charge < -0.3 is 23.7 Å². The van der Waals surface area contributed by atoms with Crippen LogP contribution in [-0.2, 0) is 0 Å². The summed E-state index contributed by atoms with van der Waals surface area (Å²) in [5.74, 6) is 3.59. The number of nitrogens with zero attached hydrogens (tertiary/aromatic N) is 4. The lowest BCUT2D eigenvalue weighted by Gasteiger charge is -2.33. The summed E-state index contributed by atoms with van der Waals surface area (Å²) in [7, 11) is 0. The van der Waals surface area contributed by atoms with Crippen LogP contribution in [0.4, 0.5) is 22.7 Å². The summed E-state index contributed by atoms with van der Waals surface area (Å²) in [6, 6.07) is 31.5. The number of hydrogen-bond acceptors (Lipinski definition) is 7. The topological polar surface area (TPSA) is 63.9 Å². The van der Waals surface area contributed by atoms with Crippen molar-refractivity contribution in [2.45, 2.75) is 0 Å². The first-order valence-electron chi connectivity index (χ1n) is 14.3. The second-order valence-corrected chi connectivity index (χ2v) is 10.1. The predicted molar refractivity (Wildman–Crippen MR) is 178 cm³/mol. The molecule has 0 atom stereocenters. The summed E-state index contributed by atoms with van der Waals surface area (Å²) in [5, 5.41) is 8.68. The van der Waals surface area contributed by atoms with Crippen LogP contribution >= 0.6 is 0 Å². The first-order valence-corrected chi connectivity index (χ1v) is 14.3. The summed E-state index contributed by atoms with van der Waals surface area (Å²) in [6.07, 6.45) is 6.91. The smallest absolute Gasteiger partial charge is 0.248 e. The minimum Gasteiger partial charge on any atom is -0.453 e. The number of rotatable bonds is 8. The second kappa shape index (κ2) is 11.4. The zero-order chi connectivity index (χ0) is 30.9. The standard InChI is InChI=1S/C38H28N4O3/c1-5-29-33(7-3)43-35-15-11-9-13-31(35)41(29)27-21-17-25(18-22-27)37-39-40-38(45-37)26-19-23-28(24-20-26)42-30(6-2)34(8-4)44-36-16-12-10-14-32(36)42/h5-24H,1-4H2. The molecule has 0 unspecified atom stereocenters. The molecule has 45 heavy (non-hydrogen) atoms. The average Bonchev–Trinajstić information content (AvgIpc) is 3.60. The zero-order valence-electron chi connectivity index (χ0n) is 24.4. The van der Waals surface area contributed by atoms with Gasteiger partial charge in [-0.15, -0.1) is 10.2 Å². The van der Waals surface area contributed by atoms with E-state index in [0.29, 0.717) is 23.3 Å². The summed E-state index contributed by atoms with van der Waals surface area (Å²) >= 11 is 0. The fraction of sp³-hybridized carbons (Fsp3) is 0. The highest BCUT2D eigenvalue weighted by Crippen LogP contribution is 2.44. The van der Waals surface area contributed by atoms with E-state index >= 15 is 0 Å². The highest BCUT2D eigenvalue weighted by molar-refractivity contribution is 5.80. The molecule has 218 valence electrons. The number of ether oxygens (including phenoxy) is 2. The van der Waals surface area contributed by atoms with Crippen LogP contribution in [0.5, 0.6) is 11.5 Å². The van der Waals surface area contributed by atoms with Gasteiger partial charge in [0.2, 0.25) is 11.8 Å². The van der Waals surface area contributed by atoms with E-state index in [2.05, 4.69) is 46.3 Å². The molecule has 0 N–H and O–H groups in total. The Hall–Kier alpha value is -6.34. The number of para-hydroxylation sites is 4. The Kier molecular flexibility index (Phi) is 6.96. The normalized spacial score (nSPS) is 13.8. The van der Waals surface area contributed by atoms with Crippen LogP contribution in [0.1, 0.15) is 0 Å². The summed E-state index contributed by atoms with van der Waals surface area (Å²) in [5.41, 5.74) is 6.87. The maximum atomic E-state index is 6.13. The van der Waals surface area contributed by atoms with Gasteiger partial charge in [-0.25, -0.2) is 0 Å². The fourth-order valence-corrected chi connectivity index (χ4v) is 5.47. The maximum absolute atomic E-state index is 6.13. The highest BCUT2D eigenvalue weighted by atomic mass is 16.5. The van der Waals surface area contributed by atoms with Crippen LogP contribution in [-0.4, -0.2) is 10.2 Å². The van der Waals surface area contributed by atoms with Crippen LogP contribution in [0.25, 0.3) is 22.9 Å². The van der Waals surface area contributed by atoms with E-state index in [0.717, 1.165) is 56.8 Å². The van der Waals surface area contributed by atoms with Gasteiger partial charge in [-0.05, 0) is 97.1 Å². The van der Waals surface area contributed by atoms with Crippen LogP contribution < -0.4 is 19.3 Å². The average molecular weight is 589 g/mol. The third-order valence-electron chi connectivity index (χ3n) is 7.57. The third kappa shape index (κ3) is 4.73. The Balaban J connectivity index is 1.17. The second-order valence-electron chi connectivity index (χ2n) is 10.1. The molecule has 0 saturated heterocycles. The molecule has 7 nitrogen and oxygen atoms in total. The lowest BCUT2D eigenvalue weighted by Crippen LogP contribution is -2.22. The molecule has 2 aliphatic heterocycles. The van der Waals surface area contributed by atoms with Crippen molar-refractivity contribution in [1.29, 1.82) is 0 Å². The molecule has 0 amide bonds. The van der Waals surface area contributed by atoms with E-state index in [1.165, 1.54) is 0 Å². The van der Waals surface area contributed by atoms with Crippen molar-refractivity contribution in [3.05, 3.63) is 171 Å². The zero-order valence-corrected chi connectivity index (χ0v) is 24.4. The van der Waals surface area contributed by atoms with Gasteiger partial charge in [0.05, 0.1) is 22.8 Å². The Labute approximate surface area is 261 Å². The number of aromatic nitrogens is 2. The molecule has 0 fully saturated rings. The minimum absolute atomic E-state index is 0.420. The Morgan fingerprint density at radius 2 is 0.889 bits per heavy atom. The largest absolute Gasteiger partial charge is 0.453 e. The first-order chi connectivity index (χ1) is 22.1. The molecule has 0 aliphatic carbocycles. The summed E-state index contributed by atoms with van der Waals surface area (Å²) in [4.78, 5) is 4.18. The van der Waals surface area contributed by atoms with Gasteiger partial charge in [-0.1, -0.05) is 50.6 Å². The first kappa shape index (κ1) is 27.5. The van der Waals surface area contributed by atoms with Crippen LogP contribution in [0.3, 0.4) is 0 Å². The molecule has 0 bridgehead atoms. The van der Waals surface area contributed by atoms with Crippen LogP contribution in [0.2, 0.25) is 0 Å². The summed E-state index contributed by atoms with van der Waals surface area (Å²) in [6.45, 7) is 15.8. The lowest BCUT2D eigenvalue weighted by molar-refractivity contribution is 0.431. The highest BCUT2D eigenvalue weighted by Gasteiger charge is 2.27. The summed E-state index contributed by atoms with van der Waals surface area (Å²) < 4.78 is 18.2. The number of benzene rings is 4. The van der Waals surface area contributed by atoms with Gasteiger partial charge in [0, 0.05) is 22.5 Å². The van der Waals surface area contributed by atoms with Crippen LogP contribution in [0, 0.1) is 0 Å². The minimum atomic E-state index is 0.420. The van der Waals surface area contributed by atoms with E-state index in [1.54, 1.807) is 24.3 Å². The van der Waals surface area contributed by atoms with Gasteiger partial charge >= 0.3 is 0 Å². The molecule has 0 spiro atoms. The maximum Gasteiger partial charge on any atom is 0.248 e. The number of allylic oxidation sites excluding steroid dienone is 4. The number of anilines is 4. The van der Waals surface area contributed by atoms with E-state index < -0.39 is 0 Å². The Bertz CT molecular complexity index is 1890. The van der Waals surface area contributed by atoms with Crippen molar-refractivity contribution in [3.63, 3.8) is 0 Å². The Morgan fingerprint density at radius 1 is 0.489 bits per heavy atom. The monoisotopic (exact) mass is 588 g/mol. The van der Waals surface area contributed by atoms with Crippen LogP contribution in [0.15, 0.2) is 175 Å². The predicted octanol–water partition coefficient (Wildman–Crippen LogP) is 9.63. The Morgan fingerprint density at radius 3 is 1.27 bits per heavy atom. The molecule has 0 radical (unpaired) electrons. The van der Waals surface area contributed by atoms with E-state index in [-0.39, 0.29) is 0 Å². The van der Waals surface area contributed by atoms with Gasteiger partial charge in [0.1, 0.15) is 0 Å². The molecule has 7 heteroatoms. The molecule has 5 aromatic rings. The van der Waals surface area contributed by atoms with Gasteiger partial charge in [-0.3, -0.25) is 0 Å². The van der Waals surface area contributed by atoms with Crippen molar-refractivity contribution in [2.24, 2.45) is 0 Å². The third-order valence-corrected chi connectivity index (χ3v) is 7.57. The van der Waals surface area contributed by atoms with E-state index in [1.807, 2.05) is 97.1 Å². The molecule has 4 aromatic carbocycles.